The molecule has 1 aromatic rings. The minimum absolute atomic E-state index is 0.138. The third kappa shape index (κ3) is 3.67. The van der Waals surface area contributed by atoms with Gasteiger partial charge in [-0.25, -0.2) is 4.39 Å². The Morgan fingerprint density at radius 1 is 1.56 bits per heavy atom. The van der Waals surface area contributed by atoms with Gasteiger partial charge in [0.2, 0.25) is 0 Å². The van der Waals surface area contributed by atoms with Gasteiger partial charge in [-0.1, -0.05) is 17.7 Å². The molecule has 0 aromatic heterocycles. The van der Waals surface area contributed by atoms with Crippen LogP contribution in [0.3, 0.4) is 0 Å². The van der Waals surface area contributed by atoms with Gasteiger partial charge in [0.1, 0.15) is 5.82 Å². The first-order valence-electron chi connectivity index (χ1n) is 6.43. The maximum Gasteiger partial charge on any atom is 0.142 e. The predicted molar refractivity (Wildman–Crippen MR) is 71.4 cm³/mol. The minimum atomic E-state index is -0.355. The molecule has 1 aliphatic rings. The summed E-state index contributed by atoms with van der Waals surface area (Å²) in [5.41, 5.74) is 0.930. The van der Waals surface area contributed by atoms with E-state index in [4.69, 9.17) is 16.3 Å². The van der Waals surface area contributed by atoms with E-state index >= 15 is 0 Å². The highest BCUT2D eigenvalue weighted by Gasteiger charge is 2.15. The molecule has 0 amide bonds. The zero-order chi connectivity index (χ0) is 13.0. The van der Waals surface area contributed by atoms with Crippen LogP contribution in [-0.2, 0) is 4.74 Å². The Morgan fingerprint density at radius 3 is 3.06 bits per heavy atom. The van der Waals surface area contributed by atoms with E-state index in [1.807, 2.05) is 13.0 Å². The second-order valence-electron chi connectivity index (χ2n) is 4.87. The highest BCUT2D eigenvalue weighted by molar-refractivity contribution is 6.30. The maximum atomic E-state index is 13.3. The molecular weight excluding hydrogens is 253 g/mol. The zero-order valence-electron chi connectivity index (χ0n) is 10.6. The van der Waals surface area contributed by atoms with Gasteiger partial charge >= 0.3 is 0 Å². The van der Waals surface area contributed by atoms with E-state index in [1.54, 1.807) is 6.07 Å². The average molecular weight is 272 g/mol. The molecule has 2 unspecified atom stereocenters. The van der Waals surface area contributed by atoms with Crippen molar-refractivity contribution in [3.63, 3.8) is 0 Å². The van der Waals surface area contributed by atoms with E-state index in [9.17, 15) is 4.39 Å². The number of benzene rings is 1. The Kier molecular flexibility index (Phi) is 4.98. The third-order valence-electron chi connectivity index (χ3n) is 3.47. The Labute approximate surface area is 112 Å². The fourth-order valence-corrected chi connectivity index (χ4v) is 2.33. The van der Waals surface area contributed by atoms with E-state index in [2.05, 4.69) is 5.32 Å². The van der Waals surface area contributed by atoms with Crippen molar-refractivity contribution >= 4 is 11.6 Å². The Morgan fingerprint density at radius 2 is 2.39 bits per heavy atom. The SMILES string of the molecule is CC(NCCC1CCOC1)c1ccc(Cl)c(F)c1. The van der Waals surface area contributed by atoms with Gasteiger partial charge in [-0.2, -0.15) is 0 Å². The first-order chi connectivity index (χ1) is 8.66. The first-order valence-corrected chi connectivity index (χ1v) is 6.80. The molecule has 1 heterocycles. The van der Waals surface area contributed by atoms with Crippen molar-refractivity contribution in [1.29, 1.82) is 0 Å². The number of halogens is 2. The van der Waals surface area contributed by atoms with Crippen LogP contribution in [0, 0.1) is 11.7 Å². The van der Waals surface area contributed by atoms with Gasteiger partial charge in [0.05, 0.1) is 5.02 Å². The Hall–Kier alpha value is -0.640. The van der Waals surface area contributed by atoms with Crippen LogP contribution in [0.5, 0.6) is 0 Å². The van der Waals surface area contributed by atoms with E-state index in [0.29, 0.717) is 5.92 Å². The lowest BCUT2D eigenvalue weighted by atomic mass is 10.0. The molecule has 1 aromatic carbocycles. The Bertz CT molecular complexity index is 393. The zero-order valence-corrected chi connectivity index (χ0v) is 11.3. The third-order valence-corrected chi connectivity index (χ3v) is 3.78. The van der Waals surface area contributed by atoms with Crippen molar-refractivity contribution in [2.45, 2.75) is 25.8 Å². The van der Waals surface area contributed by atoms with Crippen LogP contribution in [0.4, 0.5) is 4.39 Å². The molecule has 0 spiro atoms. The molecule has 2 atom stereocenters. The normalized spacial score (nSPS) is 21.2. The summed E-state index contributed by atoms with van der Waals surface area (Å²) in [6.45, 7) is 4.74. The molecule has 1 aliphatic heterocycles. The van der Waals surface area contributed by atoms with Crippen molar-refractivity contribution in [2.24, 2.45) is 5.92 Å². The predicted octanol–water partition coefficient (Wildman–Crippen LogP) is 3.56. The molecule has 1 saturated heterocycles. The highest BCUT2D eigenvalue weighted by atomic mass is 35.5. The molecule has 2 rings (SSSR count). The van der Waals surface area contributed by atoms with E-state index in [0.717, 1.165) is 38.2 Å². The fourth-order valence-electron chi connectivity index (χ4n) is 2.21. The lowest BCUT2D eigenvalue weighted by Crippen LogP contribution is -2.22. The van der Waals surface area contributed by atoms with Crippen molar-refractivity contribution in [3.05, 3.63) is 34.6 Å². The molecule has 18 heavy (non-hydrogen) atoms. The highest BCUT2D eigenvalue weighted by Crippen LogP contribution is 2.21. The molecule has 0 aliphatic carbocycles. The summed E-state index contributed by atoms with van der Waals surface area (Å²) in [7, 11) is 0. The van der Waals surface area contributed by atoms with Gasteiger partial charge in [-0.3, -0.25) is 0 Å². The number of hydrogen-bond donors (Lipinski definition) is 1. The quantitative estimate of drug-likeness (QED) is 0.884. The van der Waals surface area contributed by atoms with Gasteiger partial charge in [-0.05, 0) is 49.9 Å². The van der Waals surface area contributed by atoms with Gasteiger partial charge in [-0.15, -0.1) is 0 Å². The molecular formula is C14H19ClFNO. The number of rotatable bonds is 5. The summed E-state index contributed by atoms with van der Waals surface area (Å²) < 4.78 is 18.7. The second-order valence-corrected chi connectivity index (χ2v) is 5.27. The standard InChI is InChI=1S/C14H19ClFNO/c1-10(12-2-3-13(15)14(16)8-12)17-6-4-11-5-7-18-9-11/h2-3,8,10-11,17H,4-7,9H2,1H3. The molecule has 1 N–H and O–H groups in total. The summed E-state index contributed by atoms with van der Waals surface area (Å²) in [6, 6.07) is 5.11. The molecule has 100 valence electrons. The lowest BCUT2D eigenvalue weighted by molar-refractivity contribution is 0.184. The fraction of sp³-hybridized carbons (Fsp3) is 0.571. The number of ether oxygens (including phenoxy) is 1. The Balaban J connectivity index is 1.79. The van der Waals surface area contributed by atoms with Crippen LogP contribution in [0.2, 0.25) is 5.02 Å². The van der Waals surface area contributed by atoms with Crippen molar-refractivity contribution < 1.29 is 9.13 Å². The summed E-state index contributed by atoms with van der Waals surface area (Å²) in [5.74, 6) is 0.318. The number of hydrogen-bond acceptors (Lipinski definition) is 2. The minimum Gasteiger partial charge on any atom is -0.381 e. The van der Waals surface area contributed by atoms with Crippen LogP contribution in [-0.4, -0.2) is 19.8 Å². The average Bonchev–Trinajstić information content (AvgIpc) is 2.85. The number of nitrogens with one attached hydrogen (secondary N) is 1. The van der Waals surface area contributed by atoms with E-state index in [1.165, 1.54) is 6.07 Å². The van der Waals surface area contributed by atoms with Gasteiger partial charge in [0.25, 0.3) is 0 Å². The van der Waals surface area contributed by atoms with Crippen molar-refractivity contribution in [1.82, 2.24) is 5.32 Å². The maximum absolute atomic E-state index is 13.3. The largest absolute Gasteiger partial charge is 0.381 e. The van der Waals surface area contributed by atoms with Gasteiger partial charge in [0, 0.05) is 19.3 Å². The molecule has 0 radical (unpaired) electrons. The summed E-state index contributed by atoms with van der Waals surface area (Å²) in [4.78, 5) is 0. The molecule has 2 nitrogen and oxygen atoms in total. The van der Waals surface area contributed by atoms with E-state index in [-0.39, 0.29) is 16.9 Å². The lowest BCUT2D eigenvalue weighted by Gasteiger charge is -2.16. The van der Waals surface area contributed by atoms with Crippen LogP contribution >= 0.6 is 11.6 Å². The van der Waals surface area contributed by atoms with Crippen LogP contribution in [0.1, 0.15) is 31.4 Å². The molecule has 4 heteroatoms. The topological polar surface area (TPSA) is 21.3 Å². The van der Waals surface area contributed by atoms with Gasteiger partial charge < -0.3 is 10.1 Å². The molecule has 0 bridgehead atoms. The second kappa shape index (κ2) is 6.50. The summed E-state index contributed by atoms with van der Waals surface area (Å²) in [6.07, 6.45) is 2.27. The van der Waals surface area contributed by atoms with Gasteiger partial charge in [0.15, 0.2) is 0 Å². The first kappa shape index (κ1) is 13.8. The van der Waals surface area contributed by atoms with Crippen molar-refractivity contribution in [3.8, 4) is 0 Å². The van der Waals surface area contributed by atoms with E-state index < -0.39 is 0 Å². The smallest absolute Gasteiger partial charge is 0.142 e. The van der Waals surface area contributed by atoms with Crippen molar-refractivity contribution in [2.75, 3.05) is 19.8 Å². The molecule has 1 fully saturated rings. The molecule has 0 saturated carbocycles. The van der Waals surface area contributed by atoms with Crippen LogP contribution < -0.4 is 5.32 Å². The van der Waals surface area contributed by atoms with Crippen LogP contribution in [0.15, 0.2) is 18.2 Å². The summed E-state index contributed by atoms with van der Waals surface area (Å²) >= 11 is 5.67. The monoisotopic (exact) mass is 271 g/mol. The van der Waals surface area contributed by atoms with Crippen LogP contribution in [0.25, 0.3) is 0 Å². The summed E-state index contributed by atoms with van der Waals surface area (Å²) in [5, 5.41) is 3.58.